The smallest absolute Gasteiger partial charge is 0.171 e. The Kier molecular flexibility index (Phi) is 3.94. The summed E-state index contributed by atoms with van der Waals surface area (Å²) in [7, 11) is 1.57. The highest BCUT2D eigenvalue weighted by molar-refractivity contribution is 8.00. The van der Waals surface area contributed by atoms with Crippen LogP contribution in [0.3, 0.4) is 0 Å². The molecule has 1 heterocycles. The molecule has 64 valence electrons. The van der Waals surface area contributed by atoms with E-state index in [2.05, 4.69) is 0 Å². The zero-order valence-corrected chi connectivity index (χ0v) is 7.65. The molecule has 2 nitrogen and oxygen atoms in total. The maximum Gasteiger partial charge on any atom is 0.171 e. The van der Waals surface area contributed by atoms with E-state index in [9.17, 15) is 4.79 Å². The van der Waals surface area contributed by atoms with Crippen LogP contribution in [0.4, 0.5) is 0 Å². The van der Waals surface area contributed by atoms with Gasteiger partial charge in [0.25, 0.3) is 0 Å². The van der Waals surface area contributed by atoms with Gasteiger partial charge in [0.2, 0.25) is 0 Å². The van der Waals surface area contributed by atoms with Gasteiger partial charge in [0.1, 0.15) is 6.61 Å². The molecule has 0 spiro atoms. The molecular formula is C8H14O2S. The lowest BCUT2D eigenvalue weighted by Gasteiger charge is -2.19. The second-order valence-corrected chi connectivity index (χ2v) is 4.07. The Hall–Kier alpha value is -0.0200. The van der Waals surface area contributed by atoms with E-state index in [4.69, 9.17) is 4.74 Å². The van der Waals surface area contributed by atoms with Gasteiger partial charge in [0.05, 0.1) is 5.25 Å². The van der Waals surface area contributed by atoms with E-state index in [0.29, 0.717) is 0 Å². The fourth-order valence-corrected chi connectivity index (χ4v) is 2.47. The predicted octanol–water partition coefficient (Wildman–Crippen LogP) is 1.49. The zero-order chi connectivity index (χ0) is 8.10. The molecule has 0 aromatic carbocycles. The molecule has 1 rings (SSSR count). The summed E-state index contributed by atoms with van der Waals surface area (Å²) < 4.78 is 4.79. The summed E-state index contributed by atoms with van der Waals surface area (Å²) in [6, 6.07) is 0. The third-order valence-electron chi connectivity index (χ3n) is 1.83. The SMILES string of the molecule is COCC(=O)C1CCCCS1. The molecule has 3 heteroatoms. The topological polar surface area (TPSA) is 26.3 Å². The normalized spacial score (nSPS) is 25.0. The van der Waals surface area contributed by atoms with Crippen molar-refractivity contribution in [3.8, 4) is 0 Å². The number of carbonyl (C=O) groups is 1. The summed E-state index contributed by atoms with van der Waals surface area (Å²) in [4.78, 5) is 11.3. The Morgan fingerprint density at radius 2 is 2.45 bits per heavy atom. The van der Waals surface area contributed by atoms with Crippen LogP contribution >= 0.6 is 11.8 Å². The van der Waals surface area contributed by atoms with Gasteiger partial charge >= 0.3 is 0 Å². The van der Waals surface area contributed by atoms with Gasteiger partial charge < -0.3 is 4.74 Å². The molecule has 0 amide bonds. The Morgan fingerprint density at radius 3 is 3.00 bits per heavy atom. The molecule has 0 bridgehead atoms. The first-order valence-electron chi connectivity index (χ1n) is 3.98. The molecule has 0 aromatic heterocycles. The van der Waals surface area contributed by atoms with Crippen LogP contribution in [0, 0.1) is 0 Å². The van der Waals surface area contributed by atoms with Crippen molar-refractivity contribution in [2.75, 3.05) is 19.5 Å². The van der Waals surface area contributed by atoms with Crippen LogP contribution in [0.25, 0.3) is 0 Å². The molecule has 0 saturated carbocycles. The molecule has 0 aromatic rings. The van der Waals surface area contributed by atoms with Gasteiger partial charge in [-0.3, -0.25) is 4.79 Å². The van der Waals surface area contributed by atoms with Crippen LogP contribution in [0.2, 0.25) is 0 Å². The maximum atomic E-state index is 11.3. The summed E-state index contributed by atoms with van der Waals surface area (Å²) in [6.45, 7) is 0.289. The molecule has 11 heavy (non-hydrogen) atoms. The average molecular weight is 174 g/mol. The molecule has 0 radical (unpaired) electrons. The Morgan fingerprint density at radius 1 is 1.64 bits per heavy atom. The lowest BCUT2D eigenvalue weighted by atomic mass is 10.1. The fourth-order valence-electron chi connectivity index (χ4n) is 1.23. The fraction of sp³-hybridized carbons (Fsp3) is 0.875. The molecule has 1 aliphatic heterocycles. The number of rotatable bonds is 3. The minimum Gasteiger partial charge on any atom is -0.377 e. The number of carbonyl (C=O) groups excluding carboxylic acids is 1. The molecule has 0 aliphatic carbocycles. The predicted molar refractivity (Wildman–Crippen MR) is 47.0 cm³/mol. The third kappa shape index (κ3) is 2.83. The third-order valence-corrected chi connectivity index (χ3v) is 3.25. The summed E-state index contributed by atoms with van der Waals surface area (Å²) in [6.07, 6.45) is 3.52. The lowest BCUT2D eigenvalue weighted by Crippen LogP contribution is -2.24. The van der Waals surface area contributed by atoms with Crippen molar-refractivity contribution < 1.29 is 9.53 Å². The van der Waals surface area contributed by atoms with Crippen molar-refractivity contribution in [1.29, 1.82) is 0 Å². The van der Waals surface area contributed by atoms with Crippen molar-refractivity contribution in [2.45, 2.75) is 24.5 Å². The summed E-state index contributed by atoms with van der Waals surface area (Å²) in [5.41, 5.74) is 0. The molecule has 0 N–H and O–H groups in total. The number of hydrogen-bond acceptors (Lipinski definition) is 3. The van der Waals surface area contributed by atoms with Crippen molar-refractivity contribution in [3.05, 3.63) is 0 Å². The highest BCUT2D eigenvalue weighted by atomic mass is 32.2. The van der Waals surface area contributed by atoms with E-state index in [1.54, 1.807) is 18.9 Å². The van der Waals surface area contributed by atoms with E-state index >= 15 is 0 Å². The number of methoxy groups -OCH3 is 1. The first kappa shape index (κ1) is 9.07. The quantitative estimate of drug-likeness (QED) is 0.648. The molecule has 1 atom stereocenters. The van der Waals surface area contributed by atoms with Gasteiger partial charge in [-0.05, 0) is 18.6 Å². The second kappa shape index (κ2) is 4.78. The van der Waals surface area contributed by atoms with Gasteiger partial charge in [0.15, 0.2) is 5.78 Å². The van der Waals surface area contributed by atoms with Gasteiger partial charge in [-0.2, -0.15) is 11.8 Å². The number of thioether (sulfide) groups is 1. The number of Topliss-reactive ketones (excluding diaryl/α,β-unsaturated/α-hetero) is 1. The highest BCUT2D eigenvalue weighted by Crippen LogP contribution is 2.25. The average Bonchev–Trinajstić information content (AvgIpc) is 2.07. The lowest BCUT2D eigenvalue weighted by molar-refractivity contribution is -0.122. The van der Waals surface area contributed by atoms with Crippen LogP contribution in [0.1, 0.15) is 19.3 Å². The van der Waals surface area contributed by atoms with Crippen LogP contribution in [-0.2, 0) is 9.53 Å². The molecule has 1 fully saturated rings. The van der Waals surface area contributed by atoms with Crippen LogP contribution in [-0.4, -0.2) is 30.5 Å². The van der Waals surface area contributed by atoms with Gasteiger partial charge in [-0.25, -0.2) is 0 Å². The second-order valence-electron chi connectivity index (χ2n) is 2.75. The highest BCUT2D eigenvalue weighted by Gasteiger charge is 2.20. The first-order chi connectivity index (χ1) is 5.34. The summed E-state index contributed by atoms with van der Waals surface area (Å²) in [5, 5.41) is 0.226. The zero-order valence-electron chi connectivity index (χ0n) is 6.84. The largest absolute Gasteiger partial charge is 0.377 e. The standard InChI is InChI=1S/C8H14O2S/c1-10-6-7(9)8-4-2-3-5-11-8/h8H,2-6H2,1H3. The van der Waals surface area contributed by atoms with Crippen LogP contribution in [0.15, 0.2) is 0 Å². The van der Waals surface area contributed by atoms with Crippen molar-refractivity contribution >= 4 is 17.5 Å². The molecular weight excluding hydrogens is 160 g/mol. The Bertz CT molecular complexity index is 130. The van der Waals surface area contributed by atoms with Crippen molar-refractivity contribution in [1.82, 2.24) is 0 Å². The Labute approximate surface area is 71.7 Å². The summed E-state index contributed by atoms with van der Waals surface area (Å²) in [5.74, 6) is 1.40. The van der Waals surface area contributed by atoms with Crippen LogP contribution in [0.5, 0.6) is 0 Å². The number of ether oxygens (including phenoxy) is 1. The monoisotopic (exact) mass is 174 g/mol. The van der Waals surface area contributed by atoms with E-state index in [1.807, 2.05) is 0 Å². The Balaban J connectivity index is 2.27. The number of ketones is 1. The van der Waals surface area contributed by atoms with E-state index in [-0.39, 0.29) is 17.6 Å². The minimum absolute atomic E-state index is 0.226. The summed E-state index contributed by atoms with van der Waals surface area (Å²) >= 11 is 1.78. The minimum atomic E-state index is 0.226. The molecule has 1 unspecified atom stereocenters. The van der Waals surface area contributed by atoms with Gasteiger partial charge in [0, 0.05) is 7.11 Å². The van der Waals surface area contributed by atoms with E-state index in [0.717, 1.165) is 12.2 Å². The van der Waals surface area contributed by atoms with Crippen molar-refractivity contribution in [2.24, 2.45) is 0 Å². The van der Waals surface area contributed by atoms with E-state index in [1.165, 1.54) is 12.8 Å². The maximum absolute atomic E-state index is 11.3. The van der Waals surface area contributed by atoms with Crippen molar-refractivity contribution in [3.63, 3.8) is 0 Å². The van der Waals surface area contributed by atoms with Gasteiger partial charge in [-0.1, -0.05) is 6.42 Å². The number of hydrogen-bond donors (Lipinski definition) is 0. The van der Waals surface area contributed by atoms with Crippen LogP contribution < -0.4 is 0 Å². The first-order valence-corrected chi connectivity index (χ1v) is 5.02. The molecule has 1 saturated heterocycles. The van der Waals surface area contributed by atoms with Gasteiger partial charge in [-0.15, -0.1) is 0 Å². The van der Waals surface area contributed by atoms with E-state index < -0.39 is 0 Å². The molecule has 1 aliphatic rings.